The molecule has 0 saturated carbocycles. The van der Waals surface area contributed by atoms with Gasteiger partial charge in [-0.2, -0.15) is 0 Å². The Hall–Kier alpha value is -8.20. The average molecular weight is 827 g/mol. The third kappa shape index (κ3) is 5.23. The third-order valence-corrected chi connectivity index (χ3v) is 14.7. The molecule has 12 aromatic rings. The second kappa shape index (κ2) is 13.9. The van der Waals surface area contributed by atoms with Gasteiger partial charge in [-0.05, 0) is 126 Å². The monoisotopic (exact) mass is 826 g/mol. The summed E-state index contributed by atoms with van der Waals surface area (Å²) in [5.74, 6) is 0. The lowest BCUT2D eigenvalue weighted by Crippen LogP contribution is -2.26. The number of hydrogen-bond acceptors (Lipinski definition) is 0. The van der Waals surface area contributed by atoms with Crippen LogP contribution < -0.4 is 0 Å². The fourth-order valence-electron chi connectivity index (χ4n) is 11.8. The standard InChI is InChI=1S/C63H42N2/c1-3-15-41(16-4-1)39-64-59-25-13-9-21-51(59)53-35-43(29-33-61(53)64)45-27-31-49-50-32-28-46(38-58(50)63(57(49)37-45)55-23-11-7-19-47(55)48-20-8-12-24-56(48)63)44-30-34-62-54(36-44)52-22-10-14-26-60(52)65(62)40-42-17-5-2-6-18-42/h1-38H,39-40H2. The number of nitrogens with zero attached hydrogens (tertiary/aromatic N) is 2. The summed E-state index contributed by atoms with van der Waals surface area (Å²) in [5, 5.41) is 5.15. The summed E-state index contributed by atoms with van der Waals surface area (Å²) in [6.07, 6.45) is 0. The molecule has 0 radical (unpaired) electrons. The molecule has 65 heavy (non-hydrogen) atoms. The van der Waals surface area contributed by atoms with Crippen LogP contribution in [0.15, 0.2) is 231 Å². The molecular formula is C63H42N2. The summed E-state index contributed by atoms with van der Waals surface area (Å²) in [6.45, 7) is 1.66. The first-order valence-electron chi connectivity index (χ1n) is 22.8. The number of aromatic nitrogens is 2. The van der Waals surface area contributed by atoms with Crippen LogP contribution in [0.25, 0.3) is 88.1 Å². The van der Waals surface area contributed by atoms with Crippen molar-refractivity contribution in [1.29, 1.82) is 0 Å². The SMILES string of the molecule is c1ccc(Cn2c3ccccc3c3cc(-c4ccc5c(c4)C4(c6ccccc6-c6ccccc64)c4cc(-c6ccc7c(c6)c6ccccc6n7Cc6ccccc6)ccc4-5)ccc32)cc1. The zero-order valence-corrected chi connectivity index (χ0v) is 35.7. The van der Waals surface area contributed by atoms with Crippen molar-refractivity contribution >= 4 is 43.6 Å². The van der Waals surface area contributed by atoms with Crippen LogP contribution in [0.1, 0.15) is 33.4 Å². The fraction of sp³-hybridized carbons (Fsp3) is 0.0476. The highest BCUT2D eigenvalue weighted by Crippen LogP contribution is 2.63. The normalized spacial score (nSPS) is 13.2. The fourth-order valence-corrected chi connectivity index (χ4v) is 11.8. The van der Waals surface area contributed by atoms with Crippen molar-refractivity contribution in [1.82, 2.24) is 9.13 Å². The van der Waals surface area contributed by atoms with Crippen LogP contribution in [0.4, 0.5) is 0 Å². The van der Waals surface area contributed by atoms with E-state index in [0.29, 0.717) is 0 Å². The van der Waals surface area contributed by atoms with E-state index in [9.17, 15) is 0 Å². The van der Waals surface area contributed by atoms with Crippen molar-refractivity contribution < 1.29 is 0 Å². The van der Waals surface area contributed by atoms with E-state index in [1.165, 1.54) is 122 Å². The molecule has 0 amide bonds. The minimum absolute atomic E-state index is 0.477. The van der Waals surface area contributed by atoms with Crippen LogP contribution in [-0.2, 0) is 18.5 Å². The molecule has 2 nitrogen and oxygen atoms in total. The van der Waals surface area contributed by atoms with E-state index in [1.807, 2.05) is 0 Å². The van der Waals surface area contributed by atoms with Crippen LogP contribution in [0.5, 0.6) is 0 Å². The maximum Gasteiger partial charge on any atom is 0.0725 e. The Morgan fingerprint density at radius 2 is 0.615 bits per heavy atom. The van der Waals surface area contributed by atoms with Crippen LogP contribution in [0.3, 0.4) is 0 Å². The highest BCUT2D eigenvalue weighted by atomic mass is 15.0. The maximum atomic E-state index is 2.52. The summed E-state index contributed by atoms with van der Waals surface area (Å²) >= 11 is 0. The van der Waals surface area contributed by atoms with Gasteiger partial charge >= 0.3 is 0 Å². The quantitative estimate of drug-likeness (QED) is 0.158. The Morgan fingerprint density at radius 3 is 1.09 bits per heavy atom. The second-order valence-electron chi connectivity index (χ2n) is 18.0. The Kier molecular flexibility index (Phi) is 7.76. The van der Waals surface area contributed by atoms with Crippen molar-refractivity contribution in [2.75, 3.05) is 0 Å². The van der Waals surface area contributed by atoms with Crippen molar-refractivity contribution in [3.63, 3.8) is 0 Å². The Morgan fingerprint density at radius 1 is 0.262 bits per heavy atom. The van der Waals surface area contributed by atoms with E-state index in [0.717, 1.165) is 13.1 Å². The number of fused-ring (bicyclic) bond motifs is 16. The van der Waals surface area contributed by atoms with Gasteiger partial charge in [0, 0.05) is 56.7 Å². The Bertz CT molecular complexity index is 3630. The van der Waals surface area contributed by atoms with Gasteiger partial charge in [-0.25, -0.2) is 0 Å². The third-order valence-electron chi connectivity index (χ3n) is 14.7. The van der Waals surface area contributed by atoms with Crippen molar-refractivity contribution in [3.8, 4) is 44.5 Å². The zero-order valence-electron chi connectivity index (χ0n) is 35.7. The molecule has 2 heterocycles. The topological polar surface area (TPSA) is 9.86 Å². The van der Waals surface area contributed by atoms with Gasteiger partial charge in [0.05, 0.1) is 5.41 Å². The minimum Gasteiger partial charge on any atom is -0.336 e. The van der Waals surface area contributed by atoms with Gasteiger partial charge in [0.15, 0.2) is 0 Å². The molecule has 0 aliphatic heterocycles. The Balaban J connectivity index is 0.949. The highest BCUT2D eigenvalue weighted by Gasteiger charge is 2.51. The number of benzene rings is 10. The molecule has 0 unspecified atom stereocenters. The van der Waals surface area contributed by atoms with Gasteiger partial charge in [0.25, 0.3) is 0 Å². The predicted molar refractivity (Wildman–Crippen MR) is 271 cm³/mol. The molecule has 2 aliphatic rings. The predicted octanol–water partition coefficient (Wildman–Crippen LogP) is 15.7. The van der Waals surface area contributed by atoms with E-state index in [1.54, 1.807) is 0 Å². The Labute approximate surface area is 377 Å². The molecule has 0 atom stereocenters. The van der Waals surface area contributed by atoms with Crippen molar-refractivity contribution in [2.45, 2.75) is 18.5 Å². The summed E-state index contributed by atoms with van der Waals surface area (Å²) in [5.41, 5.74) is 22.8. The first-order chi connectivity index (χ1) is 32.2. The average Bonchev–Trinajstić information content (AvgIpc) is 4.06. The van der Waals surface area contributed by atoms with Crippen molar-refractivity contribution in [3.05, 3.63) is 264 Å². The van der Waals surface area contributed by atoms with Crippen LogP contribution in [0.2, 0.25) is 0 Å². The number of rotatable bonds is 6. The largest absolute Gasteiger partial charge is 0.336 e. The lowest BCUT2D eigenvalue weighted by atomic mass is 9.70. The molecule has 2 aromatic heterocycles. The molecule has 14 rings (SSSR count). The van der Waals surface area contributed by atoms with Gasteiger partial charge in [0.2, 0.25) is 0 Å². The van der Waals surface area contributed by atoms with Crippen LogP contribution in [0, 0.1) is 0 Å². The maximum absolute atomic E-state index is 2.52. The van der Waals surface area contributed by atoms with Gasteiger partial charge < -0.3 is 9.13 Å². The van der Waals surface area contributed by atoms with Gasteiger partial charge in [0.1, 0.15) is 0 Å². The van der Waals surface area contributed by atoms with E-state index >= 15 is 0 Å². The number of hydrogen-bond donors (Lipinski definition) is 0. The van der Waals surface area contributed by atoms with E-state index < -0.39 is 5.41 Å². The molecule has 2 aliphatic carbocycles. The smallest absolute Gasteiger partial charge is 0.0725 e. The molecule has 0 fully saturated rings. The van der Waals surface area contributed by atoms with Crippen LogP contribution in [-0.4, -0.2) is 9.13 Å². The second-order valence-corrected chi connectivity index (χ2v) is 18.0. The minimum atomic E-state index is -0.477. The lowest BCUT2D eigenvalue weighted by Gasteiger charge is -2.31. The molecule has 0 saturated heterocycles. The van der Waals surface area contributed by atoms with Gasteiger partial charge in [-0.1, -0.05) is 182 Å². The molecular weight excluding hydrogens is 785 g/mol. The molecule has 2 heteroatoms. The zero-order chi connectivity index (χ0) is 42.6. The first-order valence-corrected chi connectivity index (χ1v) is 22.8. The summed E-state index contributed by atoms with van der Waals surface area (Å²) in [7, 11) is 0. The molecule has 0 N–H and O–H groups in total. The molecule has 1 spiro atoms. The molecule has 0 bridgehead atoms. The summed E-state index contributed by atoms with van der Waals surface area (Å²) in [4.78, 5) is 0. The summed E-state index contributed by atoms with van der Waals surface area (Å²) in [6, 6.07) is 86.4. The van der Waals surface area contributed by atoms with E-state index in [-0.39, 0.29) is 0 Å². The van der Waals surface area contributed by atoms with Gasteiger partial charge in [-0.3, -0.25) is 0 Å². The summed E-state index contributed by atoms with van der Waals surface area (Å²) < 4.78 is 4.95. The van der Waals surface area contributed by atoms with Crippen molar-refractivity contribution in [2.24, 2.45) is 0 Å². The highest BCUT2D eigenvalue weighted by molar-refractivity contribution is 6.11. The first kappa shape index (κ1) is 36.3. The lowest BCUT2D eigenvalue weighted by molar-refractivity contribution is 0.794. The molecule has 304 valence electrons. The van der Waals surface area contributed by atoms with E-state index in [2.05, 4.69) is 240 Å². The number of para-hydroxylation sites is 2. The molecule has 10 aromatic carbocycles. The van der Waals surface area contributed by atoms with Crippen LogP contribution >= 0.6 is 0 Å². The van der Waals surface area contributed by atoms with E-state index in [4.69, 9.17) is 0 Å². The van der Waals surface area contributed by atoms with Gasteiger partial charge in [-0.15, -0.1) is 0 Å².